The van der Waals surface area contributed by atoms with Crippen LogP contribution in [0.1, 0.15) is 55.4 Å². The van der Waals surface area contributed by atoms with E-state index in [4.69, 9.17) is 0 Å². The highest BCUT2D eigenvalue weighted by Gasteiger charge is 2.33. The lowest BCUT2D eigenvalue weighted by Gasteiger charge is -2.14. The molecule has 2 N–H and O–H groups in total. The third-order valence-corrected chi connectivity index (χ3v) is 5.18. The summed E-state index contributed by atoms with van der Waals surface area (Å²) in [6, 6.07) is 2.65. The van der Waals surface area contributed by atoms with Crippen molar-refractivity contribution in [2.45, 2.75) is 64.7 Å². The largest absolute Gasteiger partial charge is 0.416 e. The third-order valence-electron chi connectivity index (χ3n) is 5.18. The molecule has 0 bridgehead atoms. The van der Waals surface area contributed by atoms with Gasteiger partial charge in [0.05, 0.1) is 12.1 Å². The zero-order valence-electron chi connectivity index (χ0n) is 18.0. The van der Waals surface area contributed by atoms with E-state index in [0.717, 1.165) is 62.4 Å². The molecule has 0 fully saturated rings. The van der Waals surface area contributed by atoms with Crippen molar-refractivity contribution < 1.29 is 17.6 Å². The van der Waals surface area contributed by atoms with Crippen LogP contribution in [0, 0.1) is 5.82 Å². The molecule has 1 aromatic heterocycles. The summed E-state index contributed by atoms with van der Waals surface area (Å²) in [7, 11) is 0. The van der Waals surface area contributed by atoms with Crippen LogP contribution in [0.4, 0.5) is 17.6 Å². The monoisotopic (exact) mass is 568 g/mol. The predicted molar refractivity (Wildman–Crippen MR) is 126 cm³/mol. The first-order valence-corrected chi connectivity index (χ1v) is 10.7. The fourth-order valence-electron chi connectivity index (χ4n) is 3.64. The van der Waals surface area contributed by atoms with Gasteiger partial charge in [0.15, 0.2) is 5.96 Å². The number of benzene rings is 1. The van der Waals surface area contributed by atoms with Crippen LogP contribution in [0.15, 0.2) is 23.2 Å². The molecular formula is C21H29F4IN6. The first kappa shape index (κ1) is 26.3. The second-order valence-corrected chi connectivity index (χ2v) is 7.52. The Labute approximate surface area is 202 Å². The second-order valence-electron chi connectivity index (χ2n) is 7.52. The number of aliphatic imine (C=N–C) groups is 1. The molecule has 1 aliphatic rings. The van der Waals surface area contributed by atoms with Crippen LogP contribution in [0.2, 0.25) is 0 Å². The van der Waals surface area contributed by atoms with Crippen molar-refractivity contribution in [3.8, 4) is 0 Å². The normalized spacial score (nSPS) is 14.3. The number of nitrogens with one attached hydrogen (secondary N) is 2. The molecule has 1 aliphatic heterocycles. The number of guanidine groups is 1. The van der Waals surface area contributed by atoms with E-state index in [0.29, 0.717) is 25.1 Å². The highest BCUT2D eigenvalue weighted by atomic mass is 127. The van der Waals surface area contributed by atoms with E-state index in [1.165, 1.54) is 6.42 Å². The lowest BCUT2D eigenvalue weighted by molar-refractivity contribution is -0.138. The Kier molecular flexibility index (Phi) is 10.2. The van der Waals surface area contributed by atoms with Gasteiger partial charge in [-0.1, -0.05) is 12.5 Å². The molecule has 1 aromatic carbocycles. The SMILES string of the molecule is CCNC(=NCc1ccc(F)cc1C(F)(F)F)NCCCc1nnc2n1CCCCC2.I. The van der Waals surface area contributed by atoms with Gasteiger partial charge in [0, 0.05) is 32.5 Å². The van der Waals surface area contributed by atoms with Crippen molar-refractivity contribution in [1.82, 2.24) is 25.4 Å². The summed E-state index contributed by atoms with van der Waals surface area (Å²) >= 11 is 0. The van der Waals surface area contributed by atoms with Gasteiger partial charge in [-0.15, -0.1) is 34.2 Å². The van der Waals surface area contributed by atoms with E-state index in [9.17, 15) is 17.6 Å². The van der Waals surface area contributed by atoms with Gasteiger partial charge in [0.1, 0.15) is 17.5 Å². The molecule has 0 radical (unpaired) electrons. The Morgan fingerprint density at radius 2 is 1.97 bits per heavy atom. The van der Waals surface area contributed by atoms with Crippen molar-refractivity contribution in [2.24, 2.45) is 4.99 Å². The summed E-state index contributed by atoms with van der Waals surface area (Å²) in [6.45, 7) is 3.78. The standard InChI is InChI=1S/C21H28F4N6.HI/c1-2-26-20(28-14-15-9-10-16(22)13-17(15)21(23,24)25)27-11-6-8-19-30-29-18-7-4-3-5-12-31(18)19;/h9-10,13H,2-8,11-12,14H2,1H3,(H2,26,27,28);1H. The van der Waals surface area contributed by atoms with Gasteiger partial charge < -0.3 is 15.2 Å². The molecular weight excluding hydrogens is 539 g/mol. The fourth-order valence-corrected chi connectivity index (χ4v) is 3.64. The Balaban J connectivity index is 0.00000363. The predicted octanol–water partition coefficient (Wildman–Crippen LogP) is 4.47. The van der Waals surface area contributed by atoms with Crippen LogP contribution in [0.3, 0.4) is 0 Å². The van der Waals surface area contributed by atoms with Crippen LogP contribution in [0.5, 0.6) is 0 Å². The lowest BCUT2D eigenvalue weighted by atomic mass is 10.1. The Hall–Kier alpha value is -1.92. The summed E-state index contributed by atoms with van der Waals surface area (Å²) < 4.78 is 55.0. The average molecular weight is 568 g/mol. The van der Waals surface area contributed by atoms with E-state index in [1.54, 1.807) is 0 Å². The summed E-state index contributed by atoms with van der Waals surface area (Å²) in [5.74, 6) is 1.52. The first-order valence-electron chi connectivity index (χ1n) is 10.7. The molecule has 0 aliphatic carbocycles. The third kappa shape index (κ3) is 7.31. The molecule has 6 nitrogen and oxygen atoms in total. The van der Waals surface area contributed by atoms with Gasteiger partial charge >= 0.3 is 6.18 Å². The maximum atomic E-state index is 13.3. The molecule has 3 rings (SSSR count). The maximum absolute atomic E-state index is 13.3. The average Bonchev–Trinajstić information content (AvgIpc) is 2.95. The second kappa shape index (κ2) is 12.4. The molecule has 0 atom stereocenters. The minimum atomic E-state index is -4.63. The number of hydrogen-bond acceptors (Lipinski definition) is 3. The van der Waals surface area contributed by atoms with E-state index in [1.807, 2.05) is 6.92 Å². The number of alkyl halides is 3. The van der Waals surface area contributed by atoms with Crippen LogP contribution in [0.25, 0.3) is 0 Å². The van der Waals surface area contributed by atoms with Crippen molar-refractivity contribution in [3.63, 3.8) is 0 Å². The van der Waals surface area contributed by atoms with E-state index in [-0.39, 0.29) is 36.1 Å². The zero-order valence-corrected chi connectivity index (χ0v) is 20.3. The van der Waals surface area contributed by atoms with Gasteiger partial charge in [-0.05, 0) is 43.9 Å². The van der Waals surface area contributed by atoms with Gasteiger partial charge in [-0.25, -0.2) is 9.38 Å². The van der Waals surface area contributed by atoms with Gasteiger partial charge in [0.2, 0.25) is 0 Å². The number of halogens is 5. The summed E-state index contributed by atoms with van der Waals surface area (Å²) in [4.78, 5) is 4.24. The molecule has 0 saturated carbocycles. The highest BCUT2D eigenvalue weighted by Crippen LogP contribution is 2.32. The number of aromatic nitrogens is 3. The van der Waals surface area contributed by atoms with Crippen molar-refractivity contribution >= 4 is 29.9 Å². The highest BCUT2D eigenvalue weighted by molar-refractivity contribution is 14.0. The molecule has 2 heterocycles. The van der Waals surface area contributed by atoms with Crippen molar-refractivity contribution in [2.75, 3.05) is 13.1 Å². The zero-order chi connectivity index (χ0) is 22.3. The molecule has 0 unspecified atom stereocenters. The van der Waals surface area contributed by atoms with Crippen LogP contribution in [-0.2, 0) is 32.1 Å². The molecule has 0 spiro atoms. The van der Waals surface area contributed by atoms with E-state index >= 15 is 0 Å². The Morgan fingerprint density at radius 1 is 1.16 bits per heavy atom. The van der Waals surface area contributed by atoms with Gasteiger partial charge in [0.25, 0.3) is 0 Å². The molecule has 32 heavy (non-hydrogen) atoms. The van der Waals surface area contributed by atoms with Gasteiger partial charge in [-0.2, -0.15) is 13.2 Å². The fraction of sp³-hybridized carbons (Fsp3) is 0.571. The van der Waals surface area contributed by atoms with E-state index < -0.39 is 17.6 Å². The molecule has 0 saturated heterocycles. The van der Waals surface area contributed by atoms with Crippen LogP contribution >= 0.6 is 24.0 Å². The molecule has 178 valence electrons. The number of fused-ring (bicyclic) bond motifs is 1. The minimum absolute atomic E-state index is 0. The smallest absolute Gasteiger partial charge is 0.357 e. The van der Waals surface area contributed by atoms with Crippen LogP contribution in [-0.4, -0.2) is 33.8 Å². The van der Waals surface area contributed by atoms with Gasteiger partial charge in [-0.3, -0.25) is 0 Å². The molecule has 0 amide bonds. The molecule has 2 aromatic rings. The maximum Gasteiger partial charge on any atom is 0.416 e. The number of nitrogens with zero attached hydrogens (tertiary/aromatic N) is 4. The number of aryl methyl sites for hydroxylation is 2. The first-order chi connectivity index (χ1) is 14.9. The summed E-state index contributed by atoms with van der Waals surface area (Å²) in [5, 5.41) is 14.8. The quantitative estimate of drug-likeness (QED) is 0.170. The van der Waals surface area contributed by atoms with Crippen molar-refractivity contribution in [3.05, 3.63) is 46.8 Å². The minimum Gasteiger partial charge on any atom is -0.357 e. The number of rotatable bonds is 7. The Bertz CT molecular complexity index is 897. The topological polar surface area (TPSA) is 67.1 Å². The number of hydrogen-bond donors (Lipinski definition) is 2. The van der Waals surface area contributed by atoms with Crippen molar-refractivity contribution in [1.29, 1.82) is 0 Å². The summed E-state index contributed by atoms with van der Waals surface area (Å²) in [6.07, 6.45) is 1.36. The summed E-state index contributed by atoms with van der Waals surface area (Å²) in [5.41, 5.74) is -1.07. The molecule has 11 heteroatoms. The lowest BCUT2D eigenvalue weighted by Crippen LogP contribution is -2.38. The Morgan fingerprint density at radius 3 is 2.72 bits per heavy atom. The van der Waals surface area contributed by atoms with E-state index in [2.05, 4.69) is 30.4 Å². The van der Waals surface area contributed by atoms with Crippen LogP contribution < -0.4 is 10.6 Å².